The van der Waals surface area contributed by atoms with Crippen molar-refractivity contribution in [3.05, 3.63) is 23.8 Å². The molecule has 2 N–H and O–H groups in total. The first-order valence-electron chi connectivity index (χ1n) is 5.47. The monoisotopic (exact) mass is 251 g/mol. The lowest BCUT2D eigenvalue weighted by Crippen LogP contribution is -2.41. The van der Waals surface area contributed by atoms with Crippen molar-refractivity contribution in [3.63, 3.8) is 0 Å². The number of carbonyl (C=O) groups is 2. The highest BCUT2D eigenvalue weighted by Gasteiger charge is 2.26. The maximum Gasteiger partial charge on any atom is 0.328 e. The summed E-state index contributed by atoms with van der Waals surface area (Å²) < 4.78 is 10.7. The molecule has 1 aromatic rings. The van der Waals surface area contributed by atoms with Crippen LogP contribution in [0.25, 0.3) is 0 Å². The van der Waals surface area contributed by atoms with E-state index in [2.05, 4.69) is 5.32 Å². The fourth-order valence-electron chi connectivity index (χ4n) is 1.73. The molecule has 1 heterocycles. The Bertz CT molecular complexity index is 485. The maximum absolute atomic E-state index is 12.0. The quantitative estimate of drug-likeness (QED) is 0.592. The van der Waals surface area contributed by atoms with Crippen LogP contribution >= 0.6 is 0 Å². The van der Waals surface area contributed by atoms with Crippen molar-refractivity contribution < 1.29 is 24.2 Å². The third-order valence-corrected chi connectivity index (χ3v) is 2.62. The molecule has 0 saturated heterocycles. The second kappa shape index (κ2) is 5.05. The first-order valence-corrected chi connectivity index (χ1v) is 5.47. The molecule has 1 aromatic carbocycles. The molecule has 0 aromatic heterocycles. The number of fused-ring (bicyclic) bond motifs is 1. The van der Waals surface area contributed by atoms with Crippen LogP contribution in [-0.2, 0) is 4.79 Å². The minimum Gasteiger partial charge on any atom is -0.486 e. The summed E-state index contributed by atoms with van der Waals surface area (Å²) in [7, 11) is 1.43. The summed E-state index contributed by atoms with van der Waals surface area (Å²) >= 11 is 0. The Morgan fingerprint density at radius 1 is 1.28 bits per heavy atom. The van der Waals surface area contributed by atoms with Gasteiger partial charge in [-0.2, -0.15) is 0 Å². The third-order valence-electron chi connectivity index (χ3n) is 2.62. The number of ether oxygens (including phenoxy) is 2. The fraction of sp³-hybridized carbons (Fsp3) is 0.333. The van der Waals surface area contributed by atoms with Gasteiger partial charge in [0, 0.05) is 5.56 Å². The summed E-state index contributed by atoms with van der Waals surface area (Å²) in [5, 5.41) is 11.4. The van der Waals surface area contributed by atoms with Gasteiger partial charge in [-0.15, -0.1) is 0 Å². The zero-order chi connectivity index (χ0) is 13.1. The molecule has 1 aliphatic rings. The average Bonchev–Trinajstić information content (AvgIpc) is 2.38. The lowest BCUT2D eigenvalue weighted by atomic mass is 10.0. The van der Waals surface area contributed by atoms with E-state index >= 15 is 0 Å². The van der Waals surface area contributed by atoms with Gasteiger partial charge in [0.1, 0.15) is 13.2 Å². The number of hydrogen-bond donors (Lipinski definition) is 2. The van der Waals surface area contributed by atoms with Crippen molar-refractivity contribution in [1.82, 2.24) is 5.32 Å². The van der Waals surface area contributed by atoms with Gasteiger partial charge in [0.15, 0.2) is 23.3 Å². The van der Waals surface area contributed by atoms with E-state index in [0.29, 0.717) is 24.7 Å². The summed E-state index contributed by atoms with van der Waals surface area (Å²) in [6, 6.07) is 3.39. The summed E-state index contributed by atoms with van der Waals surface area (Å²) in [6.45, 7) is 0.883. The number of aliphatic carboxylic acids is 1. The Morgan fingerprint density at radius 3 is 2.56 bits per heavy atom. The first-order chi connectivity index (χ1) is 8.63. The SMILES string of the molecule is CNC(C(=O)O)C(=O)c1ccc2c(c1)OCCO2. The molecule has 0 amide bonds. The van der Waals surface area contributed by atoms with Crippen LogP contribution in [0, 0.1) is 0 Å². The molecular weight excluding hydrogens is 238 g/mol. The number of nitrogens with one attached hydrogen (secondary N) is 1. The van der Waals surface area contributed by atoms with Crippen molar-refractivity contribution >= 4 is 11.8 Å². The number of benzene rings is 1. The molecular formula is C12H13NO5. The normalized spacial score (nSPS) is 14.9. The van der Waals surface area contributed by atoms with Crippen molar-refractivity contribution in [2.45, 2.75) is 6.04 Å². The van der Waals surface area contributed by atoms with E-state index in [1.807, 2.05) is 0 Å². The molecule has 2 rings (SSSR count). The highest BCUT2D eigenvalue weighted by Crippen LogP contribution is 2.31. The van der Waals surface area contributed by atoms with Gasteiger partial charge in [-0.1, -0.05) is 0 Å². The third kappa shape index (κ3) is 2.28. The zero-order valence-corrected chi connectivity index (χ0v) is 9.80. The molecule has 0 fully saturated rings. The molecule has 6 nitrogen and oxygen atoms in total. The van der Waals surface area contributed by atoms with Crippen LogP contribution in [0.5, 0.6) is 11.5 Å². The summed E-state index contributed by atoms with van der Waals surface area (Å²) in [6.07, 6.45) is 0. The van der Waals surface area contributed by atoms with Gasteiger partial charge >= 0.3 is 5.97 Å². The Labute approximate surface area is 104 Å². The van der Waals surface area contributed by atoms with Crippen LogP contribution in [0.4, 0.5) is 0 Å². The molecule has 0 aliphatic carbocycles. The number of carboxylic acids is 1. The molecule has 0 radical (unpaired) electrons. The van der Waals surface area contributed by atoms with E-state index in [0.717, 1.165) is 0 Å². The van der Waals surface area contributed by atoms with E-state index in [9.17, 15) is 9.59 Å². The number of carbonyl (C=O) groups excluding carboxylic acids is 1. The van der Waals surface area contributed by atoms with Crippen molar-refractivity contribution in [2.75, 3.05) is 20.3 Å². The van der Waals surface area contributed by atoms with Crippen LogP contribution < -0.4 is 14.8 Å². The van der Waals surface area contributed by atoms with Crippen LogP contribution in [-0.4, -0.2) is 43.2 Å². The Hall–Kier alpha value is -2.08. The van der Waals surface area contributed by atoms with Gasteiger partial charge in [0.05, 0.1) is 0 Å². The van der Waals surface area contributed by atoms with Gasteiger partial charge < -0.3 is 19.9 Å². The molecule has 1 unspecified atom stereocenters. The Balaban J connectivity index is 2.28. The van der Waals surface area contributed by atoms with Crippen molar-refractivity contribution in [3.8, 4) is 11.5 Å². The molecule has 96 valence electrons. The Kier molecular flexibility index (Phi) is 3.47. The lowest BCUT2D eigenvalue weighted by molar-refractivity contribution is -0.137. The molecule has 1 atom stereocenters. The van der Waals surface area contributed by atoms with Crippen molar-refractivity contribution in [2.24, 2.45) is 0 Å². The van der Waals surface area contributed by atoms with E-state index in [1.165, 1.54) is 19.2 Å². The highest BCUT2D eigenvalue weighted by atomic mass is 16.6. The number of rotatable bonds is 4. The molecule has 0 spiro atoms. The number of hydrogen-bond acceptors (Lipinski definition) is 5. The van der Waals surface area contributed by atoms with E-state index in [-0.39, 0.29) is 5.56 Å². The van der Waals surface area contributed by atoms with E-state index < -0.39 is 17.8 Å². The molecule has 18 heavy (non-hydrogen) atoms. The minimum absolute atomic E-state index is 0.279. The van der Waals surface area contributed by atoms with Gasteiger partial charge in [0.2, 0.25) is 0 Å². The average molecular weight is 251 g/mol. The largest absolute Gasteiger partial charge is 0.486 e. The molecule has 6 heteroatoms. The van der Waals surface area contributed by atoms with Gasteiger partial charge in [-0.05, 0) is 25.2 Å². The summed E-state index contributed by atoms with van der Waals surface area (Å²) in [5.74, 6) is -0.694. The molecule has 0 bridgehead atoms. The fourth-order valence-corrected chi connectivity index (χ4v) is 1.73. The topological polar surface area (TPSA) is 84.9 Å². The van der Waals surface area contributed by atoms with Gasteiger partial charge in [-0.3, -0.25) is 9.59 Å². The molecule has 1 aliphatic heterocycles. The molecule has 0 saturated carbocycles. The number of carboxylic acid groups (broad SMARTS) is 1. The predicted molar refractivity (Wildman–Crippen MR) is 62.2 cm³/mol. The van der Waals surface area contributed by atoms with Crippen LogP contribution in [0.1, 0.15) is 10.4 Å². The standard InChI is InChI=1S/C12H13NO5/c1-13-10(12(15)16)11(14)7-2-3-8-9(6-7)18-5-4-17-8/h2-3,6,10,13H,4-5H2,1H3,(H,15,16). The highest BCUT2D eigenvalue weighted by molar-refractivity contribution is 6.11. The number of ketones is 1. The minimum atomic E-state index is -1.26. The number of likely N-dealkylation sites (N-methyl/N-ethyl adjacent to an activating group) is 1. The van der Waals surface area contributed by atoms with E-state index in [4.69, 9.17) is 14.6 Å². The van der Waals surface area contributed by atoms with Crippen LogP contribution in [0.15, 0.2) is 18.2 Å². The summed E-state index contributed by atoms with van der Waals surface area (Å²) in [4.78, 5) is 22.9. The van der Waals surface area contributed by atoms with Gasteiger partial charge in [-0.25, -0.2) is 0 Å². The number of Topliss-reactive ketones (excluding diaryl/α,β-unsaturated/α-hetero) is 1. The second-order valence-electron chi connectivity index (χ2n) is 3.78. The summed E-state index contributed by atoms with van der Waals surface area (Å²) in [5.41, 5.74) is 0.279. The lowest BCUT2D eigenvalue weighted by Gasteiger charge is -2.19. The van der Waals surface area contributed by atoms with Crippen LogP contribution in [0.2, 0.25) is 0 Å². The zero-order valence-electron chi connectivity index (χ0n) is 9.80. The second-order valence-corrected chi connectivity index (χ2v) is 3.78. The predicted octanol–water partition coefficient (Wildman–Crippen LogP) is 0.313. The van der Waals surface area contributed by atoms with Crippen LogP contribution in [0.3, 0.4) is 0 Å². The first kappa shape index (κ1) is 12.4. The Morgan fingerprint density at radius 2 is 1.94 bits per heavy atom. The van der Waals surface area contributed by atoms with Crippen molar-refractivity contribution in [1.29, 1.82) is 0 Å². The van der Waals surface area contributed by atoms with Gasteiger partial charge in [0.25, 0.3) is 0 Å². The van der Waals surface area contributed by atoms with E-state index in [1.54, 1.807) is 6.07 Å². The maximum atomic E-state index is 12.0. The smallest absolute Gasteiger partial charge is 0.328 e.